The number of aromatic nitrogens is 3. The molecule has 0 amide bonds. The minimum Gasteiger partial charge on any atom is -0.263 e. The number of pyridine rings is 2. The van der Waals surface area contributed by atoms with E-state index in [-0.39, 0.29) is 0 Å². The van der Waals surface area contributed by atoms with Crippen molar-refractivity contribution >= 4 is 22.9 Å². The quantitative estimate of drug-likeness (QED) is 0.504. The van der Waals surface area contributed by atoms with Crippen LogP contribution in [0.2, 0.25) is 5.15 Å². The van der Waals surface area contributed by atoms with Crippen LogP contribution in [-0.2, 0) is 0 Å². The van der Waals surface area contributed by atoms with E-state index < -0.39 is 0 Å². The first-order valence-electron chi connectivity index (χ1n) is 6.22. The summed E-state index contributed by atoms with van der Waals surface area (Å²) in [5.74, 6) is 6.12. The van der Waals surface area contributed by atoms with Crippen LogP contribution in [0.4, 0.5) is 0 Å². The van der Waals surface area contributed by atoms with Gasteiger partial charge in [0.15, 0.2) is 0 Å². The van der Waals surface area contributed by atoms with Crippen LogP contribution in [0.5, 0.6) is 0 Å². The zero-order valence-corrected chi connectivity index (χ0v) is 12.7. The van der Waals surface area contributed by atoms with Gasteiger partial charge in [-0.25, -0.2) is 9.97 Å². The Labute approximate surface area is 131 Å². The Hall–Kier alpha value is -2.22. The highest BCUT2D eigenvalue weighted by Gasteiger charge is 2.00. The zero-order valence-electron chi connectivity index (χ0n) is 11.2. The van der Waals surface area contributed by atoms with Crippen LogP contribution >= 0.6 is 22.9 Å². The van der Waals surface area contributed by atoms with Crippen molar-refractivity contribution < 1.29 is 0 Å². The molecule has 21 heavy (non-hydrogen) atoms. The van der Waals surface area contributed by atoms with E-state index in [9.17, 15) is 0 Å². The first-order valence-corrected chi connectivity index (χ1v) is 7.47. The van der Waals surface area contributed by atoms with Gasteiger partial charge in [0.05, 0.1) is 5.01 Å². The van der Waals surface area contributed by atoms with Gasteiger partial charge in [0.25, 0.3) is 0 Å². The van der Waals surface area contributed by atoms with E-state index >= 15 is 0 Å². The fourth-order valence-electron chi connectivity index (χ4n) is 1.77. The second kappa shape index (κ2) is 6.04. The molecule has 3 aromatic rings. The molecule has 0 fully saturated rings. The molecule has 5 heteroatoms. The summed E-state index contributed by atoms with van der Waals surface area (Å²) in [6.07, 6.45) is 5.24. The van der Waals surface area contributed by atoms with E-state index in [4.69, 9.17) is 11.6 Å². The third-order valence-electron chi connectivity index (χ3n) is 2.75. The van der Waals surface area contributed by atoms with Gasteiger partial charge in [0, 0.05) is 40.7 Å². The Morgan fingerprint density at radius 1 is 1.10 bits per heavy atom. The summed E-state index contributed by atoms with van der Waals surface area (Å²) >= 11 is 7.39. The number of hydrogen-bond acceptors (Lipinski definition) is 4. The molecule has 3 rings (SSSR count). The highest BCUT2D eigenvalue weighted by Crippen LogP contribution is 2.19. The molecule has 0 saturated heterocycles. The van der Waals surface area contributed by atoms with Crippen LogP contribution in [0.25, 0.3) is 11.1 Å². The van der Waals surface area contributed by atoms with Crippen LogP contribution in [-0.4, -0.2) is 15.0 Å². The predicted octanol–water partition coefficient (Wildman–Crippen LogP) is 3.96. The van der Waals surface area contributed by atoms with Crippen molar-refractivity contribution in [3.63, 3.8) is 0 Å². The van der Waals surface area contributed by atoms with Crippen LogP contribution in [0.3, 0.4) is 0 Å². The average molecular weight is 312 g/mol. The van der Waals surface area contributed by atoms with Gasteiger partial charge in [0.2, 0.25) is 0 Å². The molecule has 0 radical (unpaired) electrons. The molecule has 3 nitrogen and oxygen atoms in total. The minimum absolute atomic E-state index is 0.474. The molecule has 102 valence electrons. The molecule has 3 heterocycles. The van der Waals surface area contributed by atoms with Crippen LogP contribution in [0, 0.1) is 18.8 Å². The molecule has 0 aromatic carbocycles. The van der Waals surface area contributed by atoms with Crippen LogP contribution < -0.4 is 0 Å². The molecular formula is C16H10ClN3S. The lowest BCUT2D eigenvalue weighted by Gasteiger charge is -2.01. The van der Waals surface area contributed by atoms with Gasteiger partial charge in [-0.3, -0.25) is 4.98 Å². The second-order valence-corrected chi connectivity index (χ2v) is 5.78. The van der Waals surface area contributed by atoms with E-state index in [0.29, 0.717) is 5.15 Å². The average Bonchev–Trinajstić information content (AvgIpc) is 2.92. The lowest BCUT2D eigenvalue weighted by Crippen LogP contribution is -1.85. The Morgan fingerprint density at radius 3 is 2.71 bits per heavy atom. The molecule has 0 spiro atoms. The number of hydrogen-bond donors (Lipinski definition) is 0. The SMILES string of the molecule is Cc1nc(C#Cc2cncc(-c3ccc(Cl)nc3)c2)cs1. The molecule has 0 aliphatic rings. The summed E-state index contributed by atoms with van der Waals surface area (Å²) in [4.78, 5) is 12.6. The van der Waals surface area contributed by atoms with Crippen molar-refractivity contribution in [3.8, 4) is 23.0 Å². The maximum Gasteiger partial charge on any atom is 0.129 e. The molecule has 0 aliphatic carbocycles. The zero-order chi connectivity index (χ0) is 14.7. The third-order valence-corrected chi connectivity index (χ3v) is 3.75. The second-order valence-electron chi connectivity index (χ2n) is 4.33. The Balaban J connectivity index is 1.90. The van der Waals surface area contributed by atoms with E-state index in [1.165, 1.54) is 0 Å². The fraction of sp³-hybridized carbons (Fsp3) is 0.0625. The van der Waals surface area contributed by atoms with Gasteiger partial charge in [-0.15, -0.1) is 11.3 Å². The number of aryl methyl sites for hydroxylation is 1. The molecule has 3 aromatic heterocycles. The van der Waals surface area contributed by atoms with E-state index in [1.54, 1.807) is 36.0 Å². The Bertz CT molecular complexity index is 828. The smallest absolute Gasteiger partial charge is 0.129 e. The van der Waals surface area contributed by atoms with Gasteiger partial charge in [-0.05, 0) is 31.0 Å². The molecule has 0 atom stereocenters. The molecule has 0 N–H and O–H groups in total. The van der Waals surface area contributed by atoms with Gasteiger partial charge < -0.3 is 0 Å². The standard InChI is InChI=1S/C16H10ClN3S/c1-11-20-15(10-21-11)4-2-12-6-14(8-18-7-12)13-3-5-16(17)19-9-13/h3,5-10H,1H3. The maximum atomic E-state index is 5.79. The van der Waals surface area contributed by atoms with Gasteiger partial charge in [0.1, 0.15) is 10.8 Å². The lowest BCUT2D eigenvalue weighted by molar-refractivity contribution is 1.27. The van der Waals surface area contributed by atoms with Gasteiger partial charge in [-0.2, -0.15) is 0 Å². The summed E-state index contributed by atoms with van der Waals surface area (Å²) in [6, 6.07) is 5.64. The van der Waals surface area contributed by atoms with Crippen molar-refractivity contribution in [1.82, 2.24) is 15.0 Å². The number of rotatable bonds is 1. The number of thiazole rings is 1. The number of nitrogens with zero attached hydrogens (tertiary/aromatic N) is 3. The minimum atomic E-state index is 0.474. The summed E-state index contributed by atoms with van der Waals surface area (Å²) in [5.41, 5.74) is 3.55. The van der Waals surface area contributed by atoms with Crippen molar-refractivity contribution in [3.05, 3.63) is 63.6 Å². The normalized spacial score (nSPS) is 10.0. The molecule has 0 saturated carbocycles. The molecule has 0 bridgehead atoms. The molecule has 0 aliphatic heterocycles. The van der Waals surface area contributed by atoms with E-state index in [2.05, 4.69) is 26.8 Å². The largest absolute Gasteiger partial charge is 0.263 e. The monoisotopic (exact) mass is 311 g/mol. The third kappa shape index (κ3) is 3.46. The summed E-state index contributed by atoms with van der Waals surface area (Å²) in [7, 11) is 0. The Kier molecular flexibility index (Phi) is 3.96. The Morgan fingerprint density at radius 2 is 2.00 bits per heavy atom. The first kappa shape index (κ1) is 13.7. The highest BCUT2D eigenvalue weighted by atomic mass is 35.5. The van der Waals surface area contributed by atoms with E-state index in [1.807, 2.05) is 24.4 Å². The summed E-state index contributed by atoms with van der Waals surface area (Å²) in [5, 5.41) is 3.43. The van der Waals surface area contributed by atoms with Crippen molar-refractivity contribution in [2.45, 2.75) is 6.92 Å². The number of halogens is 1. The first-order chi connectivity index (χ1) is 10.2. The highest BCUT2D eigenvalue weighted by molar-refractivity contribution is 7.09. The van der Waals surface area contributed by atoms with Crippen molar-refractivity contribution in [2.75, 3.05) is 0 Å². The van der Waals surface area contributed by atoms with Gasteiger partial charge >= 0.3 is 0 Å². The predicted molar refractivity (Wildman–Crippen MR) is 85.3 cm³/mol. The maximum absolute atomic E-state index is 5.79. The lowest BCUT2D eigenvalue weighted by atomic mass is 10.1. The van der Waals surface area contributed by atoms with Gasteiger partial charge in [-0.1, -0.05) is 17.5 Å². The summed E-state index contributed by atoms with van der Waals surface area (Å²) < 4.78 is 0. The summed E-state index contributed by atoms with van der Waals surface area (Å²) in [6.45, 7) is 1.96. The van der Waals surface area contributed by atoms with Crippen molar-refractivity contribution in [2.24, 2.45) is 0 Å². The molecule has 0 unspecified atom stereocenters. The topological polar surface area (TPSA) is 38.7 Å². The van der Waals surface area contributed by atoms with Crippen molar-refractivity contribution in [1.29, 1.82) is 0 Å². The van der Waals surface area contributed by atoms with Crippen LogP contribution in [0.1, 0.15) is 16.3 Å². The fourth-order valence-corrected chi connectivity index (χ4v) is 2.43. The molecular weight excluding hydrogens is 302 g/mol. The van der Waals surface area contributed by atoms with E-state index in [0.717, 1.165) is 27.4 Å². The van der Waals surface area contributed by atoms with Crippen LogP contribution in [0.15, 0.2) is 42.2 Å².